The summed E-state index contributed by atoms with van der Waals surface area (Å²) >= 11 is 0. The van der Waals surface area contributed by atoms with Gasteiger partial charge in [-0.3, -0.25) is 4.79 Å². The van der Waals surface area contributed by atoms with Crippen LogP contribution in [0.2, 0.25) is 0 Å². The standard InChI is InChI=1S/C20H26N4O3.ClH/c1-14(22-19(25)12-18(13-21)27-2)15-8-10-17(11-9-15)24-20(26)23-16-6-4-3-5-7-16;/h3-11,14,18H,12-13,21H2,1-2H3,(H,22,25)(H2,23,24,26);1H. The van der Waals surface area contributed by atoms with E-state index in [4.69, 9.17) is 10.5 Å². The maximum atomic E-state index is 12.0. The molecule has 0 saturated heterocycles. The number of benzene rings is 2. The third-order valence-electron chi connectivity index (χ3n) is 4.09. The van der Waals surface area contributed by atoms with Crippen molar-refractivity contribution in [2.45, 2.75) is 25.5 Å². The van der Waals surface area contributed by atoms with E-state index in [2.05, 4.69) is 16.0 Å². The molecule has 2 aromatic rings. The van der Waals surface area contributed by atoms with E-state index in [1.807, 2.05) is 49.4 Å². The summed E-state index contributed by atoms with van der Waals surface area (Å²) in [5, 5.41) is 8.44. The normalized spacial score (nSPS) is 12.2. The molecule has 0 spiro atoms. The highest BCUT2D eigenvalue weighted by Gasteiger charge is 2.14. The average Bonchev–Trinajstić information content (AvgIpc) is 2.67. The Morgan fingerprint density at radius 2 is 1.57 bits per heavy atom. The highest BCUT2D eigenvalue weighted by atomic mass is 35.5. The fourth-order valence-electron chi connectivity index (χ4n) is 2.52. The topological polar surface area (TPSA) is 105 Å². The number of urea groups is 1. The Balaban J connectivity index is 0.00000392. The van der Waals surface area contributed by atoms with Crippen LogP contribution in [0.4, 0.5) is 16.2 Å². The molecule has 0 bridgehead atoms. The first-order chi connectivity index (χ1) is 13.0. The minimum Gasteiger partial charge on any atom is -0.380 e. The van der Waals surface area contributed by atoms with Crippen LogP contribution in [-0.2, 0) is 9.53 Å². The number of hydrogen-bond acceptors (Lipinski definition) is 4. The first-order valence-corrected chi connectivity index (χ1v) is 8.77. The minimum atomic E-state index is -0.317. The van der Waals surface area contributed by atoms with E-state index in [1.54, 1.807) is 12.1 Å². The fourth-order valence-corrected chi connectivity index (χ4v) is 2.52. The monoisotopic (exact) mass is 406 g/mol. The molecule has 28 heavy (non-hydrogen) atoms. The van der Waals surface area contributed by atoms with Gasteiger partial charge in [-0.2, -0.15) is 0 Å². The molecule has 2 aromatic carbocycles. The van der Waals surface area contributed by atoms with Crippen molar-refractivity contribution >= 4 is 35.7 Å². The van der Waals surface area contributed by atoms with Gasteiger partial charge in [-0.05, 0) is 36.8 Å². The Kier molecular flexibility index (Phi) is 10.0. The Morgan fingerprint density at radius 1 is 1.00 bits per heavy atom. The number of rotatable bonds is 8. The van der Waals surface area contributed by atoms with Crippen LogP contribution >= 0.6 is 12.4 Å². The van der Waals surface area contributed by atoms with Crippen molar-refractivity contribution in [3.63, 3.8) is 0 Å². The highest BCUT2D eigenvalue weighted by molar-refractivity contribution is 5.99. The van der Waals surface area contributed by atoms with Crippen LogP contribution in [0.1, 0.15) is 24.9 Å². The van der Waals surface area contributed by atoms with Crippen LogP contribution in [0.25, 0.3) is 0 Å². The highest BCUT2D eigenvalue weighted by Crippen LogP contribution is 2.17. The number of anilines is 2. The van der Waals surface area contributed by atoms with E-state index >= 15 is 0 Å². The van der Waals surface area contributed by atoms with Gasteiger partial charge in [-0.1, -0.05) is 30.3 Å². The second-order valence-electron chi connectivity index (χ2n) is 6.15. The third-order valence-corrected chi connectivity index (χ3v) is 4.09. The van der Waals surface area contributed by atoms with Crippen LogP contribution in [0.3, 0.4) is 0 Å². The second-order valence-corrected chi connectivity index (χ2v) is 6.15. The van der Waals surface area contributed by atoms with Gasteiger partial charge in [-0.15, -0.1) is 12.4 Å². The molecule has 0 radical (unpaired) electrons. The Labute approximate surface area is 171 Å². The quantitative estimate of drug-likeness (QED) is 0.539. The SMILES string of the molecule is COC(CN)CC(=O)NC(C)c1ccc(NC(=O)Nc2ccccc2)cc1.Cl. The molecule has 0 aliphatic carbocycles. The summed E-state index contributed by atoms with van der Waals surface area (Å²) in [6.45, 7) is 2.19. The zero-order valence-corrected chi connectivity index (χ0v) is 16.8. The molecule has 8 heteroatoms. The Hall–Kier alpha value is -2.61. The molecule has 2 rings (SSSR count). The van der Waals surface area contributed by atoms with E-state index < -0.39 is 0 Å². The van der Waals surface area contributed by atoms with Crippen LogP contribution in [-0.4, -0.2) is 31.7 Å². The number of nitrogens with one attached hydrogen (secondary N) is 3. The van der Waals surface area contributed by atoms with Crippen LogP contribution < -0.4 is 21.7 Å². The molecular formula is C20H27ClN4O3. The maximum Gasteiger partial charge on any atom is 0.323 e. The molecule has 0 heterocycles. The van der Waals surface area contributed by atoms with Crippen molar-refractivity contribution < 1.29 is 14.3 Å². The van der Waals surface area contributed by atoms with Gasteiger partial charge in [0.2, 0.25) is 5.91 Å². The lowest BCUT2D eigenvalue weighted by molar-refractivity contribution is -0.124. The number of halogens is 1. The lowest BCUT2D eigenvalue weighted by Crippen LogP contribution is -2.33. The Bertz CT molecular complexity index is 737. The molecular weight excluding hydrogens is 380 g/mol. The van der Waals surface area contributed by atoms with Gasteiger partial charge in [0, 0.05) is 25.0 Å². The summed E-state index contributed by atoms with van der Waals surface area (Å²) in [5.41, 5.74) is 7.84. The van der Waals surface area contributed by atoms with Crippen molar-refractivity contribution in [2.75, 3.05) is 24.3 Å². The van der Waals surface area contributed by atoms with E-state index in [-0.39, 0.29) is 42.9 Å². The Morgan fingerprint density at radius 3 is 2.11 bits per heavy atom. The number of ether oxygens (including phenoxy) is 1. The van der Waals surface area contributed by atoms with Crippen molar-refractivity contribution in [1.29, 1.82) is 0 Å². The zero-order chi connectivity index (χ0) is 19.6. The molecule has 5 N–H and O–H groups in total. The summed E-state index contributed by atoms with van der Waals surface area (Å²) in [7, 11) is 1.54. The third kappa shape index (κ3) is 7.56. The van der Waals surface area contributed by atoms with Gasteiger partial charge < -0.3 is 26.4 Å². The number of methoxy groups -OCH3 is 1. The van der Waals surface area contributed by atoms with E-state index in [1.165, 1.54) is 7.11 Å². The van der Waals surface area contributed by atoms with Crippen LogP contribution in [0, 0.1) is 0 Å². The van der Waals surface area contributed by atoms with Gasteiger partial charge in [0.15, 0.2) is 0 Å². The van der Waals surface area contributed by atoms with Crippen molar-refractivity contribution in [1.82, 2.24) is 5.32 Å². The van der Waals surface area contributed by atoms with Gasteiger partial charge in [0.25, 0.3) is 0 Å². The number of hydrogen-bond donors (Lipinski definition) is 4. The van der Waals surface area contributed by atoms with Gasteiger partial charge >= 0.3 is 6.03 Å². The fraction of sp³-hybridized carbons (Fsp3) is 0.300. The first-order valence-electron chi connectivity index (χ1n) is 8.77. The van der Waals surface area contributed by atoms with E-state index in [9.17, 15) is 9.59 Å². The van der Waals surface area contributed by atoms with Crippen LogP contribution in [0.5, 0.6) is 0 Å². The molecule has 3 amide bonds. The number of carbonyl (C=O) groups excluding carboxylic acids is 2. The molecule has 2 unspecified atom stereocenters. The lowest BCUT2D eigenvalue weighted by Gasteiger charge is -2.17. The lowest BCUT2D eigenvalue weighted by atomic mass is 10.1. The molecule has 0 fully saturated rings. The predicted octanol–water partition coefficient (Wildman–Crippen LogP) is 3.29. The molecule has 0 aromatic heterocycles. The molecule has 0 saturated carbocycles. The first kappa shape index (κ1) is 23.4. The number of nitrogens with two attached hydrogens (primary N) is 1. The number of amides is 3. The predicted molar refractivity (Wildman–Crippen MR) is 114 cm³/mol. The summed E-state index contributed by atoms with van der Waals surface area (Å²) in [6, 6.07) is 16.0. The molecule has 152 valence electrons. The summed E-state index contributed by atoms with van der Waals surface area (Å²) in [6.07, 6.45) is -0.0664. The molecule has 2 atom stereocenters. The summed E-state index contributed by atoms with van der Waals surface area (Å²) in [5.74, 6) is -0.121. The second kappa shape index (κ2) is 12.0. The number of para-hydroxylation sites is 1. The summed E-state index contributed by atoms with van der Waals surface area (Å²) < 4.78 is 5.12. The van der Waals surface area contributed by atoms with Gasteiger partial charge in [0.05, 0.1) is 18.6 Å². The smallest absolute Gasteiger partial charge is 0.323 e. The van der Waals surface area contributed by atoms with Gasteiger partial charge in [0.1, 0.15) is 0 Å². The van der Waals surface area contributed by atoms with Crippen molar-refractivity contribution in [2.24, 2.45) is 5.73 Å². The van der Waals surface area contributed by atoms with Crippen molar-refractivity contribution in [3.8, 4) is 0 Å². The van der Waals surface area contributed by atoms with Gasteiger partial charge in [-0.25, -0.2) is 4.79 Å². The van der Waals surface area contributed by atoms with Crippen molar-refractivity contribution in [3.05, 3.63) is 60.2 Å². The average molecular weight is 407 g/mol. The minimum absolute atomic E-state index is 0. The number of carbonyl (C=O) groups is 2. The largest absolute Gasteiger partial charge is 0.380 e. The molecule has 7 nitrogen and oxygen atoms in total. The maximum absolute atomic E-state index is 12.0. The van der Waals surface area contributed by atoms with E-state index in [0.717, 1.165) is 11.3 Å². The van der Waals surface area contributed by atoms with E-state index in [0.29, 0.717) is 12.2 Å². The zero-order valence-electron chi connectivity index (χ0n) is 16.0. The summed E-state index contributed by atoms with van der Waals surface area (Å²) in [4.78, 5) is 24.0. The van der Waals surface area contributed by atoms with Crippen LogP contribution in [0.15, 0.2) is 54.6 Å². The molecule has 0 aliphatic rings. The molecule has 0 aliphatic heterocycles.